The molecule has 3 rings (SSSR count). The van der Waals surface area contributed by atoms with Gasteiger partial charge >= 0.3 is 5.97 Å². The summed E-state index contributed by atoms with van der Waals surface area (Å²) in [5.74, 6) is -1.35. The van der Waals surface area contributed by atoms with E-state index in [0.29, 0.717) is 6.42 Å². The first-order chi connectivity index (χ1) is 18.0. The first-order valence-corrected chi connectivity index (χ1v) is 13.5. The minimum Gasteiger partial charge on any atom is -0.492 e. The van der Waals surface area contributed by atoms with Crippen LogP contribution in [0.25, 0.3) is 10.8 Å². The Hall–Kier alpha value is -3.54. The third-order valence-corrected chi connectivity index (χ3v) is 6.82. The zero-order valence-electron chi connectivity index (χ0n) is 21.9. The molecule has 2 aromatic carbocycles. The summed E-state index contributed by atoms with van der Waals surface area (Å²) in [4.78, 5) is 29.2. The average molecular weight is 544 g/mol. The molecule has 38 heavy (non-hydrogen) atoms. The number of hydrogen-bond acceptors (Lipinski definition) is 8. The van der Waals surface area contributed by atoms with Crippen LogP contribution >= 0.6 is 0 Å². The standard InChI is InChI=1S/C27H33N3O7S/c1-27(2,3)37-25(31)15-22(26(32)29-18-35-4)30-38(33,34)24-12-8-7-11-23(24)36-14-13-20-17-28-16-19-9-5-6-10-21(19)20/h5-12,16-17,22,30H,13-15,18H2,1-4H3,(H,29,32)/t22-/m0/s1. The highest BCUT2D eigenvalue weighted by atomic mass is 32.2. The van der Waals surface area contributed by atoms with Crippen molar-refractivity contribution in [2.45, 2.75) is 50.2 Å². The number of ether oxygens (including phenoxy) is 3. The van der Waals surface area contributed by atoms with Crippen molar-refractivity contribution in [1.82, 2.24) is 15.0 Å². The smallest absolute Gasteiger partial charge is 0.308 e. The van der Waals surface area contributed by atoms with E-state index in [0.717, 1.165) is 16.3 Å². The van der Waals surface area contributed by atoms with E-state index in [9.17, 15) is 18.0 Å². The third kappa shape index (κ3) is 8.23. The van der Waals surface area contributed by atoms with Crippen LogP contribution in [0, 0.1) is 0 Å². The van der Waals surface area contributed by atoms with Gasteiger partial charge in [0.05, 0.1) is 13.0 Å². The number of methoxy groups -OCH3 is 1. The van der Waals surface area contributed by atoms with Gasteiger partial charge < -0.3 is 19.5 Å². The van der Waals surface area contributed by atoms with Gasteiger partial charge in [0.15, 0.2) is 0 Å². The lowest BCUT2D eigenvalue weighted by molar-refractivity contribution is -0.156. The van der Waals surface area contributed by atoms with Crippen molar-refractivity contribution in [3.05, 3.63) is 66.5 Å². The SMILES string of the molecule is COCNC(=O)[C@H](CC(=O)OC(C)(C)C)NS(=O)(=O)c1ccccc1OCCc1cncc2ccccc12. The number of pyridine rings is 1. The number of hydrogen-bond donors (Lipinski definition) is 2. The fourth-order valence-electron chi connectivity index (χ4n) is 3.70. The second-order valence-electron chi connectivity index (χ2n) is 9.50. The van der Waals surface area contributed by atoms with Crippen LogP contribution in [-0.4, -0.2) is 57.4 Å². The largest absolute Gasteiger partial charge is 0.492 e. The molecule has 0 aliphatic carbocycles. The number of amides is 1. The summed E-state index contributed by atoms with van der Waals surface area (Å²) in [7, 11) is -2.91. The molecule has 0 aliphatic heterocycles. The average Bonchev–Trinajstić information content (AvgIpc) is 2.86. The number of para-hydroxylation sites is 1. The second-order valence-corrected chi connectivity index (χ2v) is 11.2. The maximum atomic E-state index is 13.4. The van der Waals surface area contributed by atoms with Gasteiger partial charge in [0.25, 0.3) is 0 Å². The number of rotatable bonds is 12. The Kier molecular flexibility index (Phi) is 9.78. The first kappa shape index (κ1) is 29.0. The highest BCUT2D eigenvalue weighted by molar-refractivity contribution is 7.89. The van der Waals surface area contributed by atoms with E-state index >= 15 is 0 Å². The van der Waals surface area contributed by atoms with Gasteiger partial charge in [-0.3, -0.25) is 14.6 Å². The maximum Gasteiger partial charge on any atom is 0.308 e. The summed E-state index contributed by atoms with van der Waals surface area (Å²) in [5.41, 5.74) is 0.164. The van der Waals surface area contributed by atoms with Crippen LogP contribution in [0.1, 0.15) is 32.8 Å². The Morgan fingerprint density at radius 3 is 2.47 bits per heavy atom. The summed E-state index contributed by atoms with van der Waals surface area (Å²) in [6, 6.07) is 12.5. The molecule has 1 heterocycles. The zero-order valence-corrected chi connectivity index (χ0v) is 22.7. The molecule has 11 heteroatoms. The number of nitrogens with one attached hydrogen (secondary N) is 2. The van der Waals surface area contributed by atoms with Crippen LogP contribution in [0.2, 0.25) is 0 Å². The number of sulfonamides is 1. The van der Waals surface area contributed by atoms with Gasteiger partial charge in [-0.15, -0.1) is 0 Å². The number of benzene rings is 2. The van der Waals surface area contributed by atoms with Gasteiger partial charge in [-0.05, 0) is 43.9 Å². The Morgan fingerprint density at radius 2 is 1.74 bits per heavy atom. The molecule has 0 radical (unpaired) electrons. The topological polar surface area (TPSA) is 133 Å². The Balaban J connectivity index is 1.77. The molecule has 0 saturated carbocycles. The molecule has 3 aromatic rings. The van der Waals surface area contributed by atoms with Gasteiger partial charge in [0, 0.05) is 31.3 Å². The first-order valence-electron chi connectivity index (χ1n) is 12.0. The highest BCUT2D eigenvalue weighted by Crippen LogP contribution is 2.25. The van der Waals surface area contributed by atoms with Crippen molar-refractivity contribution >= 4 is 32.7 Å². The van der Waals surface area contributed by atoms with Crippen LogP contribution in [-0.2, 0) is 35.5 Å². The molecule has 2 N–H and O–H groups in total. The van der Waals surface area contributed by atoms with Crippen molar-refractivity contribution in [1.29, 1.82) is 0 Å². The van der Waals surface area contributed by atoms with Crippen LogP contribution in [0.15, 0.2) is 65.8 Å². The van der Waals surface area contributed by atoms with E-state index in [1.54, 1.807) is 45.3 Å². The minimum absolute atomic E-state index is 0.113. The van der Waals surface area contributed by atoms with Crippen molar-refractivity contribution in [2.24, 2.45) is 0 Å². The molecular formula is C27H33N3O7S. The fraction of sp³-hybridized carbons (Fsp3) is 0.370. The van der Waals surface area contributed by atoms with E-state index in [1.165, 1.54) is 19.2 Å². The lowest BCUT2D eigenvalue weighted by atomic mass is 10.1. The quantitative estimate of drug-likeness (QED) is 0.263. The van der Waals surface area contributed by atoms with E-state index in [4.69, 9.17) is 14.2 Å². The van der Waals surface area contributed by atoms with Gasteiger partial charge in [-0.2, -0.15) is 4.72 Å². The van der Waals surface area contributed by atoms with Crippen LogP contribution in [0.4, 0.5) is 0 Å². The van der Waals surface area contributed by atoms with Crippen LogP contribution in [0.5, 0.6) is 5.75 Å². The maximum absolute atomic E-state index is 13.4. The van der Waals surface area contributed by atoms with Crippen molar-refractivity contribution in [3.63, 3.8) is 0 Å². The molecule has 10 nitrogen and oxygen atoms in total. The minimum atomic E-state index is -4.28. The molecule has 1 atom stereocenters. The van der Waals surface area contributed by atoms with Crippen LogP contribution < -0.4 is 14.8 Å². The summed E-state index contributed by atoms with van der Waals surface area (Å²) >= 11 is 0. The summed E-state index contributed by atoms with van der Waals surface area (Å²) in [5, 5.41) is 4.47. The second kappa shape index (κ2) is 12.8. The van der Waals surface area contributed by atoms with Crippen molar-refractivity contribution in [3.8, 4) is 5.75 Å². The summed E-state index contributed by atoms with van der Waals surface area (Å²) < 4.78 is 45.0. The number of nitrogens with zero attached hydrogens (tertiary/aromatic N) is 1. The van der Waals surface area contributed by atoms with E-state index < -0.39 is 40.0 Å². The third-order valence-electron chi connectivity index (χ3n) is 5.31. The zero-order chi connectivity index (χ0) is 27.8. The van der Waals surface area contributed by atoms with Crippen molar-refractivity contribution in [2.75, 3.05) is 20.4 Å². The molecule has 0 fully saturated rings. The molecule has 204 valence electrons. The molecule has 1 amide bonds. The predicted octanol–water partition coefficient (Wildman–Crippen LogP) is 2.96. The monoisotopic (exact) mass is 543 g/mol. The Labute approximate surface area is 222 Å². The number of carbonyl (C=O) groups is 2. The Bertz CT molecular complexity index is 1370. The van der Waals surface area contributed by atoms with Gasteiger partial charge in [-0.1, -0.05) is 36.4 Å². The molecule has 0 unspecified atom stereocenters. The Morgan fingerprint density at radius 1 is 1.03 bits per heavy atom. The predicted molar refractivity (Wildman–Crippen MR) is 142 cm³/mol. The molecule has 0 saturated heterocycles. The highest BCUT2D eigenvalue weighted by Gasteiger charge is 2.31. The van der Waals surface area contributed by atoms with Crippen molar-refractivity contribution < 1.29 is 32.2 Å². The molecular weight excluding hydrogens is 510 g/mol. The summed E-state index contributed by atoms with van der Waals surface area (Å²) in [6.45, 7) is 5.07. The van der Waals surface area contributed by atoms with E-state index in [2.05, 4.69) is 15.0 Å². The van der Waals surface area contributed by atoms with Crippen LogP contribution in [0.3, 0.4) is 0 Å². The summed E-state index contributed by atoms with van der Waals surface area (Å²) in [6.07, 6.45) is 3.53. The molecule has 0 aliphatic rings. The van der Waals surface area contributed by atoms with Gasteiger partial charge in [0.2, 0.25) is 15.9 Å². The fourth-order valence-corrected chi connectivity index (χ4v) is 5.04. The number of esters is 1. The number of aromatic nitrogens is 1. The van der Waals surface area contributed by atoms with Gasteiger partial charge in [0.1, 0.15) is 29.0 Å². The van der Waals surface area contributed by atoms with E-state index in [1.807, 2.05) is 24.3 Å². The molecule has 0 bridgehead atoms. The normalized spacial score (nSPS) is 12.6. The molecule has 0 spiro atoms. The van der Waals surface area contributed by atoms with Gasteiger partial charge in [-0.25, -0.2) is 8.42 Å². The lowest BCUT2D eigenvalue weighted by Crippen LogP contribution is -2.48. The lowest BCUT2D eigenvalue weighted by Gasteiger charge is -2.23. The molecule has 1 aromatic heterocycles. The number of fused-ring (bicyclic) bond motifs is 1. The number of carbonyl (C=O) groups excluding carboxylic acids is 2. The van der Waals surface area contributed by atoms with E-state index in [-0.39, 0.29) is 24.0 Å².